The Morgan fingerprint density at radius 3 is 2.60 bits per heavy atom. The summed E-state index contributed by atoms with van der Waals surface area (Å²) in [6.45, 7) is 2.92. The summed E-state index contributed by atoms with van der Waals surface area (Å²) >= 11 is 1.91. The van der Waals surface area contributed by atoms with Gasteiger partial charge in [-0.25, -0.2) is 0 Å². The predicted molar refractivity (Wildman–Crippen MR) is 86.6 cm³/mol. The molecular weight excluding hydrogens is 266 g/mol. The number of nitrogens with two attached hydrogens (primary N) is 1. The SMILES string of the molecule is CCc1ccc(CC(CN)Cc2cccc(OC)c2)s1. The van der Waals surface area contributed by atoms with Gasteiger partial charge >= 0.3 is 0 Å². The van der Waals surface area contributed by atoms with Crippen LogP contribution >= 0.6 is 11.3 Å². The van der Waals surface area contributed by atoms with Gasteiger partial charge in [-0.15, -0.1) is 11.3 Å². The molecular formula is C17H23NOS. The molecule has 0 aliphatic carbocycles. The van der Waals surface area contributed by atoms with E-state index in [1.807, 2.05) is 23.5 Å². The van der Waals surface area contributed by atoms with Crippen LogP contribution in [0.3, 0.4) is 0 Å². The monoisotopic (exact) mass is 289 g/mol. The predicted octanol–water partition coefficient (Wildman–Crippen LogP) is 3.68. The highest BCUT2D eigenvalue weighted by molar-refractivity contribution is 7.11. The zero-order chi connectivity index (χ0) is 14.4. The Labute approximate surface area is 125 Å². The van der Waals surface area contributed by atoms with E-state index in [0.29, 0.717) is 5.92 Å². The molecule has 0 fully saturated rings. The lowest BCUT2D eigenvalue weighted by atomic mass is 9.95. The van der Waals surface area contributed by atoms with Crippen molar-refractivity contribution in [3.8, 4) is 5.75 Å². The van der Waals surface area contributed by atoms with Gasteiger partial charge < -0.3 is 10.5 Å². The quantitative estimate of drug-likeness (QED) is 0.844. The fraction of sp³-hybridized carbons (Fsp3) is 0.412. The third-order valence-electron chi connectivity index (χ3n) is 3.55. The summed E-state index contributed by atoms with van der Waals surface area (Å²) in [4.78, 5) is 2.90. The molecule has 108 valence electrons. The molecule has 0 bridgehead atoms. The molecule has 3 heteroatoms. The van der Waals surface area contributed by atoms with Gasteiger partial charge in [0.2, 0.25) is 0 Å². The lowest BCUT2D eigenvalue weighted by Gasteiger charge is -2.14. The van der Waals surface area contributed by atoms with E-state index in [-0.39, 0.29) is 0 Å². The molecule has 1 aromatic carbocycles. The highest BCUT2D eigenvalue weighted by Gasteiger charge is 2.11. The zero-order valence-electron chi connectivity index (χ0n) is 12.3. The fourth-order valence-corrected chi connectivity index (χ4v) is 3.45. The number of thiophene rings is 1. The van der Waals surface area contributed by atoms with Crippen LogP contribution in [0.15, 0.2) is 36.4 Å². The van der Waals surface area contributed by atoms with Crippen LogP contribution in [0.1, 0.15) is 22.2 Å². The number of rotatable bonds is 7. The normalized spacial score (nSPS) is 12.3. The maximum atomic E-state index is 5.95. The van der Waals surface area contributed by atoms with Gasteiger partial charge in [0.05, 0.1) is 7.11 Å². The van der Waals surface area contributed by atoms with Crippen molar-refractivity contribution in [2.24, 2.45) is 11.7 Å². The van der Waals surface area contributed by atoms with Crippen LogP contribution in [0.4, 0.5) is 0 Å². The maximum absolute atomic E-state index is 5.95. The van der Waals surface area contributed by atoms with E-state index in [9.17, 15) is 0 Å². The van der Waals surface area contributed by atoms with E-state index in [0.717, 1.165) is 31.6 Å². The molecule has 0 amide bonds. The van der Waals surface area contributed by atoms with Crippen molar-refractivity contribution in [2.45, 2.75) is 26.2 Å². The van der Waals surface area contributed by atoms with Gasteiger partial charge in [0, 0.05) is 9.75 Å². The molecule has 1 unspecified atom stereocenters. The van der Waals surface area contributed by atoms with Crippen molar-refractivity contribution in [1.82, 2.24) is 0 Å². The second kappa shape index (κ2) is 7.46. The molecule has 0 radical (unpaired) electrons. The molecule has 2 N–H and O–H groups in total. The lowest BCUT2D eigenvalue weighted by molar-refractivity contribution is 0.413. The molecule has 1 aromatic heterocycles. The Hall–Kier alpha value is -1.32. The first kappa shape index (κ1) is 15.1. The number of hydrogen-bond acceptors (Lipinski definition) is 3. The van der Waals surface area contributed by atoms with Crippen molar-refractivity contribution in [3.05, 3.63) is 51.7 Å². The minimum Gasteiger partial charge on any atom is -0.497 e. The van der Waals surface area contributed by atoms with Crippen molar-refractivity contribution in [1.29, 1.82) is 0 Å². The largest absolute Gasteiger partial charge is 0.497 e. The van der Waals surface area contributed by atoms with Crippen LogP contribution < -0.4 is 10.5 Å². The summed E-state index contributed by atoms with van der Waals surface area (Å²) in [5.74, 6) is 1.41. The van der Waals surface area contributed by atoms with Gasteiger partial charge in [-0.1, -0.05) is 19.1 Å². The molecule has 2 rings (SSSR count). The summed E-state index contributed by atoms with van der Waals surface area (Å²) in [7, 11) is 1.71. The number of hydrogen-bond donors (Lipinski definition) is 1. The average Bonchev–Trinajstić information content (AvgIpc) is 2.94. The van der Waals surface area contributed by atoms with Crippen molar-refractivity contribution in [3.63, 3.8) is 0 Å². The maximum Gasteiger partial charge on any atom is 0.119 e. The summed E-state index contributed by atoms with van der Waals surface area (Å²) in [5, 5.41) is 0. The Bertz CT molecular complexity index is 535. The summed E-state index contributed by atoms with van der Waals surface area (Å²) < 4.78 is 5.28. The first-order valence-corrected chi connectivity index (χ1v) is 7.97. The van der Waals surface area contributed by atoms with E-state index in [1.165, 1.54) is 15.3 Å². The fourth-order valence-electron chi connectivity index (χ4n) is 2.38. The molecule has 2 nitrogen and oxygen atoms in total. The number of benzene rings is 1. The highest BCUT2D eigenvalue weighted by atomic mass is 32.1. The first-order chi connectivity index (χ1) is 9.75. The first-order valence-electron chi connectivity index (χ1n) is 7.15. The van der Waals surface area contributed by atoms with Crippen LogP contribution in [0.2, 0.25) is 0 Å². The minimum atomic E-state index is 0.491. The van der Waals surface area contributed by atoms with E-state index in [1.54, 1.807) is 7.11 Å². The Morgan fingerprint density at radius 2 is 1.95 bits per heavy atom. The van der Waals surface area contributed by atoms with Crippen LogP contribution in [0.5, 0.6) is 5.75 Å². The zero-order valence-corrected chi connectivity index (χ0v) is 13.1. The van der Waals surface area contributed by atoms with Crippen LogP contribution in [0, 0.1) is 5.92 Å². The van der Waals surface area contributed by atoms with Gasteiger partial charge in [-0.3, -0.25) is 0 Å². The summed E-state index contributed by atoms with van der Waals surface area (Å²) in [6.07, 6.45) is 3.19. The second-order valence-electron chi connectivity index (χ2n) is 5.08. The van der Waals surface area contributed by atoms with E-state index in [2.05, 4.69) is 31.2 Å². The lowest BCUT2D eigenvalue weighted by Crippen LogP contribution is -2.19. The standard InChI is InChI=1S/C17H23NOS/c1-3-16-7-8-17(20-16)11-14(12-18)9-13-5-4-6-15(10-13)19-2/h4-8,10,14H,3,9,11-12,18H2,1-2H3. The number of methoxy groups -OCH3 is 1. The molecule has 0 spiro atoms. The van der Waals surface area contributed by atoms with Gasteiger partial charge in [-0.05, 0) is 61.6 Å². The Balaban J connectivity index is 2.00. The van der Waals surface area contributed by atoms with Gasteiger partial charge in [0.1, 0.15) is 5.75 Å². The third-order valence-corrected chi connectivity index (χ3v) is 4.80. The summed E-state index contributed by atoms with van der Waals surface area (Å²) in [6, 6.07) is 12.8. The molecule has 0 saturated carbocycles. The third kappa shape index (κ3) is 4.09. The molecule has 1 atom stereocenters. The Kier molecular flexibility index (Phi) is 5.62. The molecule has 0 aliphatic rings. The Morgan fingerprint density at radius 1 is 1.15 bits per heavy atom. The average molecular weight is 289 g/mol. The van der Waals surface area contributed by atoms with Crippen LogP contribution in [0.25, 0.3) is 0 Å². The van der Waals surface area contributed by atoms with Crippen molar-refractivity contribution >= 4 is 11.3 Å². The molecule has 0 saturated heterocycles. The topological polar surface area (TPSA) is 35.2 Å². The molecule has 2 aromatic rings. The summed E-state index contributed by atoms with van der Waals surface area (Å²) in [5.41, 5.74) is 7.25. The van der Waals surface area contributed by atoms with Gasteiger partial charge in [0.15, 0.2) is 0 Å². The number of ether oxygens (including phenoxy) is 1. The molecule has 0 aliphatic heterocycles. The molecule has 1 heterocycles. The molecule has 20 heavy (non-hydrogen) atoms. The van der Waals surface area contributed by atoms with Crippen LogP contribution in [-0.4, -0.2) is 13.7 Å². The van der Waals surface area contributed by atoms with E-state index in [4.69, 9.17) is 10.5 Å². The number of aryl methyl sites for hydroxylation is 1. The van der Waals surface area contributed by atoms with E-state index >= 15 is 0 Å². The van der Waals surface area contributed by atoms with Gasteiger partial charge in [-0.2, -0.15) is 0 Å². The highest BCUT2D eigenvalue weighted by Crippen LogP contribution is 2.23. The van der Waals surface area contributed by atoms with E-state index < -0.39 is 0 Å². The van der Waals surface area contributed by atoms with Crippen LogP contribution in [-0.2, 0) is 19.3 Å². The van der Waals surface area contributed by atoms with Crippen molar-refractivity contribution in [2.75, 3.05) is 13.7 Å². The minimum absolute atomic E-state index is 0.491. The second-order valence-corrected chi connectivity index (χ2v) is 6.34. The van der Waals surface area contributed by atoms with Gasteiger partial charge in [0.25, 0.3) is 0 Å². The van der Waals surface area contributed by atoms with Crippen molar-refractivity contribution < 1.29 is 4.74 Å². The smallest absolute Gasteiger partial charge is 0.119 e.